The minimum atomic E-state index is 0.803. The topological polar surface area (TPSA) is 49.8 Å². The van der Waals surface area contributed by atoms with Crippen molar-refractivity contribution < 1.29 is 0 Å². The minimum Gasteiger partial charge on any atom is -0.372 e. The average Bonchev–Trinajstić information content (AvgIpc) is 2.37. The first-order valence-electron chi connectivity index (χ1n) is 6.96. The second-order valence-corrected chi connectivity index (χ2v) is 5.06. The zero-order valence-electron chi connectivity index (χ0n) is 11.9. The van der Waals surface area contributed by atoms with Gasteiger partial charge in [-0.25, -0.2) is 4.98 Å². The van der Waals surface area contributed by atoms with E-state index in [1.165, 1.54) is 32.1 Å². The molecule has 0 fully saturated rings. The van der Waals surface area contributed by atoms with Gasteiger partial charge in [-0.3, -0.25) is 4.98 Å². The first-order chi connectivity index (χ1) is 8.72. The van der Waals surface area contributed by atoms with Crippen LogP contribution in [-0.2, 0) is 0 Å². The van der Waals surface area contributed by atoms with Crippen LogP contribution in [0.1, 0.15) is 46.0 Å². The van der Waals surface area contributed by atoms with Crippen molar-refractivity contribution in [1.82, 2.24) is 9.97 Å². The molecule has 0 atom stereocenters. The van der Waals surface area contributed by atoms with Crippen molar-refractivity contribution in [2.24, 2.45) is 5.92 Å². The first-order valence-corrected chi connectivity index (χ1v) is 6.96. The van der Waals surface area contributed by atoms with Crippen LogP contribution in [0.3, 0.4) is 0 Å². The fraction of sp³-hybridized carbons (Fsp3) is 0.714. The Bertz CT molecular complexity index is 325. The van der Waals surface area contributed by atoms with Crippen LogP contribution in [0.2, 0.25) is 0 Å². The van der Waals surface area contributed by atoms with E-state index < -0.39 is 0 Å². The van der Waals surface area contributed by atoms with Crippen LogP contribution < -0.4 is 10.6 Å². The summed E-state index contributed by atoms with van der Waals surface area (Å²) in [6.07, 6.45) is 10.0. The van der Waals surface area contributed by atoms with E-state index in [1.54, 1.807) is 12.4 Å². The quantitative estimate of drug-likeness (QED) is 0.658. The predicted octanol–water partition coefficient (Wildman–Crippen LogP) is 3.54. The molecule has 0 unspecified atom stereocenters. The number of nitrogens with zero attached hydrogens (tertiary/aromatic N) is 2. The van der Waals surface area contributed by atoms with E-state index in [-0.39, 0.29) is 0 Å². The van der Waals surface area contributed by atoms with Gasteiger partial charge in [-0.1, -0.05) is 39.5 Å². The smallest absolute Gasteiger partial charge is 0.146 e. The van der Waals surface area contributed by atoms with E-state index in [2.05, 4.69) is 34.4 Å². The van der Waals surface area contributed by atoms with Crippen LogP contribution in [-0.4, -0.2) is 23.6 Å². The monoisotopic (exact) mass is 250 g/mol. The van der Waals surface area contributed by atoms with Gasteiger partial charge in [0.2, 0.25) is 0 Å². The first kappa shape index (κ1) is 14.7. The molecule has 1 aromatic heterocycles. The lowest BCUT2D eigenvalue weighted by atomic mass is 10.0. The Labute approximate surface area is 111 Å². The third kappa shape index (κ3) is 6.42. The lowest BCUT2D eigenvalue weighted by Crippen LogP contribution is -2.05. The van der Waals surface area contributed by atoms with Crippen molar-refractivity contribution in [2.45, 2.75) is 46.0 Å². The Hall–Kier alpha value is -1.32. The molecule has 2 N–H and O–H groups in total. The second kappa shape index (κ2) is 8.72. The van der Waals surface area contributed by atoms with E-state index in [4.69, 9.17) is 0 Å². The van der Waals surface area contributed by atoms with Gasteiger partial charge >= 0.3 is 0 Å². The second-order valence-electron chi connectivity index (χ2n) is 5.06. The highest BCUT2D eigenvalue weighted by Crippen LogP contribution is 2.10. The van der Waals surface area contributed by atoms with Crippen LogP contribution in [0.5, 0.6) is 0 Å². The number of rotatable bonds is 9. The summed E-state index contributed by atoms with van der Waals surface area (Å²) in [5.74, 6) is 2.49. The summed E-state index contributed by atoms with van der Waals surface area (Å²) in [6, 6.07) is 0. The number of aromatic nitrogens is 2. The number of hydrogen-bond acceptors (Lipinski definition) is 4. The van der Waals surface area contributed by atoms with Crippen molar-refractivity contribution in [1.29, 1.82) is 0 Å². The van der Waals surface area contributed by atoms with Gasteiger partial charge in [-0.05, 0) is 12.3 Å². The van der Waals surface area contributed by atoms with Crippen molar-refractivity contribution >= 4 is 11.6 Å². The van der Waals surface area contributed by atoms with E-state index in [0.717, 1.165) is 24.1 Å². The standard InChI is InChI=1S/C14H26N4/c1-12(2)8-6-4-5-7-9-17-14-11-16-10-13(15-3)18-14/h10-12H,4-9H2,1-3H3,(H2,15,17,18). The van der Waals surface area contributed by atoms with Gasteiger partial charge in [0.05, 0.1) is 12.4 Å². The number of unbranched alkanes of at least 4 members (excludes halogenated alkanes) is 3. The Morgan fingerprint density at radius 3 is 2.50 bits per heavy atom. The van der Waals surface area contributed by atoms with Gasteiger partial charge in [-0.15, -0.1) is 0 Å². The van der Waals surface area contributed by atoms with E-state index >= 15 is 0 Å². The van der Waals surface area contributed by atoms with Crippen molar-refractivity contribution in [2.75, 3.05) is 24.2 Å². The molecule has 0 bridgehead atoms. The van der Waals surface area contributed by atoms with Gasteiger partial charge in [0.15, 0.2) is 0 Å². The molecule has 4 nitrogen and oxygen atoms in total. The predicted molar refractivity (Wildman–Crippen MR) is 78.0 cm³/mol. The van der Waals surface area contributed by atoms with E-state index in [1.807, 2.05) is 7.05 Å². The van der Waals surface area contributed by atoms with Gasteiger partial charge < -0.3 is 10.6 Å². The van der Waals surface area contributed by atoms with Gasteiger partial charge in [-0.2, -0.15) is 0 Å². The number of anilines is 2. The summed E-state index contributed by atoms with van der Waals surface area (Å²) in [7, 11) is 1.85. The maximum Gasteiger partial charge on any atom is 0.146 e. The van der Waals surface area contributed by atoms with Crippen LogP contribution >= 0.6 is 0 Å². The molecule has 18 heavy (non-hydrogen) atoms. The van der Waals surface area contributed by atoms with Gasteiger partial charge in [0.1, 0.15) is 11.6 Å². The molecule has 1 aromatic rings. The van der Waals surface area contributed by atoms with Crippen LogP contribution in [0.25, 0.3) is 0 Å². The Kier molecular flexibility index (Phi) is 7.14. The van der Waals surface area contributed by atoms with Crippen LogP contribution in [0.4, 0.5) is 11.6 Å². The lowest BCUT2D eigenvalue weighted by Gasteiger charge is -2.07. The third-order valence-electron chi connectivity index (χ3n) is 2.91. The summed E-state index contributed by atoms with van der Waals surface area (Å²) in [6.45, 7) is 5.55. The molecule has 0 saturated heterocycles. The molecular formula is C14H26N4. The van der Waals surface area contributed by atoms with Crippen LogP contribution in [0.15, 0.2) is 12.4 Å². The maximum absolute atomic E-state index is 4.36. The van der Waals surface area contributed by atoms with Gasteiger partial charge in [0.25, 0.3) is 0 Å². The molecule has 102 valence electrons. The Morgan fingerprint density at radius 2 is 1.78 bits per heavy atom. The summed E-state index contributed by atoms with van der Waals surface area (Å²) in [4.78, 5) is 8.48. The van der Waals surface area contributed by atoms with Gasteiger partial charge in [0, 0.05) is 13.6 Å². The molecule has 0 aliphatic heterocycles. The molecule has 0 aliphatic rings. The molecule has 4 heteroatoms. The minimum absolute atomic E-state index is 0.803. The molecule has 0 aromatic carbocycles. The fourth-order valence-corrected chi connectivity index (χ4v) is 1.82. The normalized spacial score (nSPS) is 10.7. The van der Waals surface area contributed by atoms with Crippen molar-refractivity contribution in [3.8, 4) is 0 Å². The number of nitrogens with one attached hydrogen (secondary N) is 2. The number of hydrogen-bond donors (Lipinski definition) is 2. The maximum atomic E-state index is 4.36. The highest BCUT2D eigenvalue weighted by atomic mass is 15.1. The lowest BCUT2D eigenvalue weighted by molar-refractivity contribution is 0.523. The summed E-state index contributed by atoms with van der Waals surface area (Å²) < 4.78 is 0. The average molecular weight is 250 g/mol. The summed E-state index contributed by atoms with van der Waals surface area (Å²) in [5, 5.41) is 6.29. The molecule has 0 saturated carbocycles. The third-order valence-corrected chi connectivity index (χ3v) is 2.91. The Morgan fingerprint density at radius 1 is 1.06 bits per heavy atom. The SMILES string of the molecule is CNc1cncc(NCCCCCCC(C)C)n1. The molecule has 1 rings (SSSR count). The van der Waals surface area contributed by atoms with Crippen molar-refractivity contribution in [3.63, 3.8) is 0 Å². The molecule has 0 radical (unpaired) electrons. The molecule has 0 aliphatic carbocycles. The highest BCUT2D eigenvalue weighted by Gasteiger charge is 1.97. The molecule has 0 amide bonds. The zero-order valence-corrected chi connectivity index (χ0v) is 11.9. The van der Waals surface area contributed by atoms with E-state index in [0.29, 0.717) is 0 Å². The fourth-order valence-electron chi connectivity index (χ4n) is 1.82. The van der Waals surface area contributed by atoms with Crippen LogP contribution in [0, 0.1) is 5.92 Å². The summed E-state index contributed by atoms with van der Waals surface area (Å²) in [5.41, 5.74) is 0. The highest BCUT2D eigenvalue weighted by molar-refractivity contribution is 5.40. The van der Waals surface area contributed by atoms with Crippen molar-refractivity contribution in [3.05, 3.63) is 12.4 Å². The Balaban J connectivity index is 2.06. The molecular weight excluding hydrogens is 224 g/mol. The molecule has 0 spiro atoms. The zero-order chi connectivity index (χ0) is 13.2. The largest absolute Gasteiger partial charge is 0.372 e. The van der Waals surface area contributed by atoms with E-state index in [9.17, 15) is 0 Å². The molecule has 1 heterocycles. The summed E-state index contributed by atoms with van der Waals surface area (Å²) >= 11 is 0.